The van der Waals surface area contributed by atoms with Gasteiger partial charge in [0.1, 0.15) is 11.4 Å². The van der Waals surface area contributed by atoms with Gasteiger partial charge in [0, 0.05) is 17.3 Å². The SMILES string of the molecule is Nc1nc(/C(=N/OCC(F)(F)F)C(=O)N[C@@H]2C(=O)N3C(C(=O)[O-])=C(CO)CS[C@H]23)ns1.[Na+]. The molecule has 168 valence electrons. The summed E-state index contributed by atoms with van der Waals surface area (Å²) in [6, 6.07) is -1.23. The number of carboxylic acid groups (broad SMARTS) is 1. The van der Waals surface area contributed by atoms with E-state index in [1.54, 1.807) is 0 Å². The van der Waals surface area contributed by atoms with Crippen molar-refractivity contribution in [2.24, 2.45) is 5.16 Å². The van der Waals surface area contributed by atoms with Crippen LogP contribution in [0.3, 0.4) is 0 Å². The summed E-state index contributed by atoms with van der Waals surface area (Å²) in [5.74, 6) is -3.99. The zero-order valence-corrected chi connectivity index (χ0v) is 19.7. The van der Waals surface area contributed by atoms with Gasteiger partial charge in [0.2, 0.25) is 18.1 Å². The van der Waals surface area contributed by atoms with Crippen LogP contribution in [0, 0.1) is 0 Å². The second kappa shape index (κ2) is 10.3. The van der Waals surface area contributed by atoms with Crippen LogP contribution in [0.4, 0.5) is 18.3 Å². The van der Waals surface area contributed by atoms with Crippen molar-refractivity contribution in [3.8, 4) is 0 Å². The molecule has 0 aliphatic carbocycles. The third-order valence-corrected chi connectivity index (χ3v) is 5.85. The Balaban J connectivity index is 0.00000363. The summed E-state index contributed by atoms with van der Waals surface area (Å²) in [5, 5.41) is 25.1. The quantitative estimate of drug-likeness (QED) is 0.140. The second-order valence-corrected chi connectivity index (χ2v) is 7.93. The van der Waals surface area contributed by atoms with Crippen molar-refractivity contribution >= 4 is 51.9 Å². The molecule has 32 heavy (non-hydrogen) atoms. The van der Waals surface area contributed by atoms with E-state index < -0.39 is 65.8 Å². The summed E-state index contributed by atoms with van der Waals surface area (Å²) in [4.78, 5) is 45.1. The van der Waals surface area contributed by atoms with Crippen LogP contribution in [-0.2, 0) is 19.2 Å². The molecule has 0 saturated carbocycles. The van der Waals surface area contributed by atoms with Gasteiger partial charge in [-0.15, -0.1) is 11.8 Å². The minimum Gasteiger partial charge on any atom is -0.543 e. The van der Waals surface area contributed by atoms with Crippen molar-refractivity contribution in [1.82, 2.24) is 19.6 Å². The number of alkyl halides is 3. The van der Waals surface area contributed by atoms with Gasteiger partial charge >= 0.3 is 35.7 Å². The largest absolute Gasteiger partial charge is 1.00 e. The summed E-state index contributed by atoms with van der Waals surface area (Å²) < 4.78 is 40.6. The fourth-order valence-corrected chi connectivity index (χ4v) is 4.46. The number of carbonyl (C=O) groups excluding carboxylic acids is 3. The molecule has 2 aliphatic rings. The molecule has 0 unspecified atom stereocenters. The van der Waals surface area contributed by atoms with Gasteiger partial charge in [0.15, 0.2) is 5.13 Å². The number of anilines is 1. The van der Waals surface area contributed by atoms with Crippen molar-refractivity contribution in [1.29, 1.82) is 0 Å². The number of rotatable bonds is 7. The molecule has 1 aromatic rings. The third kappa shape index (κ3) is 5.52. The smallest absolute Gasteiger partial charge is 0.543 e. The monoisotopic (exact) mass is 504 g/mol. The Morgan fingerprint density at radius 3 is 2.66 bits per heavy atom. The standard InChI is InChI=1S/C14H13F3N6O6S2.Na/c15-14(16,17)3-29-21-5(8-20-13(18)31-22-8)9(25)19-6-10(26)23-7(12(27)28)4(1-24)2-30-11(6)23;/h6,11,24H,1-3H2,(H,19,25)(H,27,28)(H2,18,20,22);/q;+1/p-1/b21-5-;/t6-,11-;/m1./s1. The van der Waals surface area contributed by atoms with E-state index in [2.05, 4.69) is 24.7 Å². The molecule has 1 aromatic heterocycles. The number of nitrogen functional groups attached to an aromatic ring is 1. The summed E-state index contributed by atoms with van der Waals surface area (Å²) in [5.41, 5.74) is 4.25. The van der Waals surface area contributed by atoms with Crippen LogP contribution in [0.25, 0.3) is 0 Å². The summed E-state index contributed by atoms with van der Waals surface area (Å²) in [6.07, 6.45) is -4.72. The number of oxime groups is 1. The van der Waals surface area contributed by atoms with E-state index in [0.29, 0.717) is 11.5 Å². The zero-order chi connectivity index (χ0) is 22.9. The Labute approximate surface area is 207 Å². The molecule has 12 nitrogen and oxygen atoms in total. The molecule has 0 radical (unpaired) electrons. The second-order valence-electron chi connectivity index (χ2n) is 6.04. The molecule has 0 aromatic carbocycles. The molecular formula is C14H12F3N6NaO6S2. The number of aliphatic hydroxyl groups is 1. The first-order chi connectivity index (χ1) is 14.5. The summed E-state index contributed by atoms with van der Waals surface area (Å²) in [6.45, 7) is -2.39. The van der Waals surface area contributed by atoms with Gasteiger partial charge in [-0.3, -0.25) is 14.5 Å². The number of aliphatic hydroxyl groups excluding tert-OH is 1. The number of carbonyl (C=O) groups is 3. The van der Waals surface area contributed by atoms with E-state index in [0.717, 1.165) is 16.7 Å². The normalized spacial score (nSPS) is 20.8. The van der Waals surface area contributed by atoms with Gasteiger partial charge in [0.25, 0.3) is 11.8 Å². The van der Waals surface area contributed by atoms with Crippen LogP contribution >= 0.6 is 23.3 Å². The molecule has 0 spiro atoms. The van der Waals surface area contributed by atoms with Crippen LogP contribution in [0.5, 0.6) is 0 Å². The van der Waals surface area contributed by atoms with E-state index in [-0.39, 0.29) is 46.0 Å². The number of hydrogen-bond acceptors (Lipinski definition) is 12. The van der Waals surface area contributed by atoms with Gasteiger partial charge in [-0.05, 0) is 5.57 Å². The molecule has 1 fully saturated rings. The van der Waals surface area contributed by atoms with E-state index in [4.69, 9.17) is 5.73 Å². The molecule has 18 heteroatoms. The Morgan fingerprint density at radius 2 is 2.12 bits per heavy atom. The van der Waals surface area contributed by atoms with Crippen LogP contribution in [0.15, 0.2) is 16.4 Å². The Hall–Kier alpha value is -1.92. The third-order valence-electron chi connectivity index (χ3n) is 3.97. The van der Waals surface area contributed by atoms with Gasteiger partial charge < -0.3 is 30.9 Å². The van der Waals surface area contributed by atoms with E-state index in [1.807, 2.05) is 0 Å². The Morgan fingerprint density at radius 1 is 1.44 bits per heavy atom. The van der Waals surface area contributed by atoms with Crippen LogP contribution < -0.4 is 45.7 Å². The summed E-state index contributed by atoms with van der Waals surface area (Å²) in [7, 11) is 0. The number of hydrogen-bond donors (Lipinski definition) is 3. The fraction of sp³-hybridized carbons (Fsp3) is 0.429. The summed E-state index contributed by atoms with van der Waals surface area (Å²) >= 11 is 1.72. The van der Waals surface area contributed by atoms with Crippen molar-refractivity contribution in [3.05, 3.63) is 17.1 Å². The van der Waals surface area contributed by atoms with Crippen LogP contribution in [-0.4, -0.2) is 79.4 Å². The van der Waals surface area contributed by atoms with Gasteiger partial charge in [-0.25, -0.2) is 0 Å². The minimum atomic E-state index is -4.72. The molecule has 3 rings (SSSR count). The molecule has 2 aliphatic heterocycles. The van der Waals surface area contributed by atoms with E-state index >= 15 is 0 Å². The van der Waals surface area contributed by atoms with Crippen molar-refractivity contribution in [3.63, 3.8) is 0 Å². The average molecular weight is 504 g/mol. The number of fused-ring (bicyclic) bond motifs is 1. The van der Waals surface area contributed by atoms with Crippen molar-refractivity contribution in [2.45, 2.75) is 17.6 Å². The first-order valence-electron chi connectivity index (χ1n) is 8.19. The molecule has 3 heterocycles. The van der Waals surface area contributed by atoms with E-state index in [9.17, 15) is 37.8 Å². The predicted molar refractivity (Wildman–Crippen MR) is 97.0 cm³/mol. The van der Waals surface area contributed by atoms with Crippen LogP contribution in [0.2, 0.25) is 0 Å². The number of thioether (sulfide) groups is 1. The first kappa shape index (κ1) is 26.3. The molecular weight excluding hydrogens is 492 g/mol. The number of aliphatic carboxylic acids is 1. The number of aromatic nitrogens is 2. The fourth-order valence-electron chi connectivity index (χ4n) is 2.69. The van der Waals surface area contributed by atoms with Gasteiger partial charge in [-0.1, -0.05) is 5.16 Å². The number of nitrogens with two attached hydrogens (primary N) is 1. The average Bonchev–Trinajstić information content (AvgIpc) is 3.12. The molecule has 2 atom stereocenters. The van der Waals surface area contributed by atoms with Crippen LogP contribution in [0.1, 0.15) is 5.82 Å². The number of amides is 2. The Bertz CT molecular complexity index is 986. The minimum absolute atomic E-state index is 0. The maximum atomic E-state index is 12.6. The number of carboxylic acids is 1. The molecule has 4 N–H and O–H groups in total. The maximum Gasteiger partial charge on any atom is 1.00 e. The van der Waals surface area contributed by atoms with Gasteiger partial charge in [0.05, 0.1) is 18.3 Å². The number of β-lactam (4-membered cyclic amide) rings is 1. The molecule has 0 bridgehead atoms. The first-order valence-corrected chi connectivity index (χ1v) is 10.0. The van der Waals surface area contributed by atoms with Crippen molar-refractivity contribution in [2.75, 3.05) is 24.7 Å². The number of halogens is 3. The molecule has 1 saturated heterocycles. The number of nitrogens with one attached hydrogen (secondary N) is 1. The number of nitrogens with zero attached hydrogens (tertiary/aromatic N) is 4. The maximum absolute atomic E-state index is 12.6. The van der Waals surface area contributed by atoms with E-state index in [1.165, 1.54) is 0 Å². The molecule has 2 amide bonds. The van der Waals surface area contributed by atoms with Gasteiger partial charge in [-0.2, -0.15) is 22.5 Å². The zero-order valence-electron chi connectivity index (χ0n) is 16.1. The topological polar surface area (TPSA) is 183 Å². The predicted octanol–water partition coefficient (Wildman–Crippen LogP) is -5.20. The Kier molecular flexibility index (Phi) is 8.51. The van der Waals surface area contributed by atoms with Crippen molar-refractivity contribution < 1.29 is 72.2 Å².